The van der Waals surface area contributed by atoms with E-state index in [0.29, 0.717) is 18.0 Å². The first-order chi connectivity index (χ1) is 13.2. The summed E-state index contributed by atoms with van der Waals surface area (Å²) >= 11 is 5.47. The van der Waals surface area contributed by atoms with Gasteiger partial charge < -0.3 is 19.2 Å². The lowest BCUT2D eigenvalue weighted by molar-refractivity contribution is 0.330. The summed E-state index contributed by atoms with van der Waals surface area (Å²) in [5.74, 6) is 3.77. The minimum Gasteiger partial charge on any atom is -0.493 e. The van der Waals surface area contributed by atoms with Crippen LogP contribution in [-0.4, -0.2) is 18.7 Å². The van der Waals surface area contributed by atoms with Crippen molar-refractivity contribution in [2.24, 2.45) is 0 Å². The standard InChI is InChI=1S/C22H21NO3S/c1-3-11-25-20-8-4-16(14-21(20)24-2)6-9-22(27)23-15-17-5-7-19-18(13-17)10-12-26-19/h1,4-5,7-8,10,12-14H,6,9,11,15H2,2H3,(H,23,27). The van der Waals surface area contributed by atoms with Crippen LogP contribution in [0.4, 0.5) is 0 Å². The molecule has 0 atom stereocenters. The number of methoxy groups -OCH3 is 1. The third-order valence-corrected chi connectivity index (χ3v) is 4.53. The molecule has 0 aliphatic rings. The lowest BCUT2D eigenvalue weighted by Gasteiger charge is -2.12. The average Bonchev–Trinajstić information content (AvgIpc) is 3.17. The first-order valence-electron chi connectivity index (χ1n) is 8.65. The summed E-state index contributed by atoms with van der Waals surface area (Å²) in [7, 11) is 1.62. The fourth-order valence-electron chi connectivity index (χ4n) is 2.78. The molecule has 1 aromatic heterocycles. The van der Waals surface area contributed by atoms with Crippen molar-refractivity contribution in [1.82, 2.24) is 5.32 Å². The van der Waals surface area contributed by atoms with Gasteiger partial charge in [-0.05, 0) is 47.9 Å². The van der Waals surface area contributed by atoms with Gasteiger partial charge in [0.1, 0.15) is 12.2 Å². The number of furan rings is 1. The number of hydrogen-bond acceptors (Lipinski definition) is 4. The molecule has 0 fully saturated rings. The second-order valence-corrected chi connectivity index (χ2v) is 6.54. The number of aryl methyl sites for hydroxylation is 1. The number of rotatable bonds is 8. The maximum Gasteiger partial charge on any atom is 0.162 e. The van der Waals surface area contributed by atoms with Crippen molar-refractivity contribution < 1.29 is 13.9 Å². The van der Waals surface area contributed by atoms with Crippen molar-refractivity contribution in [2.75, 3.05) is 13.7 Å². The van der Waals surface area contributed by atoms with Gasteiger partial charge in [-0.15, -0.1) is 6.42 Å². The molecule has 27 heavy (non-hydrogen) atoms. The number of benzene rings is 2. The second kappa shape index (κ2) is 9.11. The predicted molar refractivity (Wildman–Crippen MR) is 111 cm³/mol. The highest BCUT2D eigenvalue weighted by atomic mass is 32.1. The Bertz CT molecular complexity index is 971. The van der Waals surface area contributed by atoms with E-state index in [1.165, 1.54) is 5.56 Å². The van der Waals surface area contributed by atoms with Gasteiger partial charge in [-0.3, -0.25) is 0 Å². The minimum atomic E-state index is 0.217. The molecular weight excluding hydrogens is 358 g/mol. The van der Waals surface area contributed by atoms with Crippen molar-refractivity contribution in [3.8, 4) is 23.8 Å². The van der Waals surface area contributed by atoms with Crippen molar-refractivity contribution in [2.45, 2.75) is 19.4 Å². The predicted octanol–water partition coefficient (Wildman–Crippen LogP) is 4.50. The van der Waals surface area contributed by atoms with E-state index in [0.717, 1.165) is 34.4 Å². The molecule has 0 bridgehead atoms. The van der Waals surface area contributed by atoms with Crippen LogP contribution in [0.15, 0.2) is 53.1 Å². The molecule has 0 aliphatic carbocycles. The molecule has 0 spiro atoms. The van der Waals surface area contributed by atoms with Crippen LogP contribution >= 0.6 is 12.2 Å². The van der Waals surface area contributed by atoms with E-state index in [9.17, 15) is 0 Å². The Morgan fingerprint density at radius 1 is 1.15 bits per heavy atom. The quantitative estimate of drug-likeness (QED) is 0.461. The maximum atomic E-state index is 5.47. The molecule has 0 aliphatic heterocycles. The molecule has 4 nitrogen and oxygen atoms in total. The van der Waals surface area contributed by atoms with Gasteiger partial charge in [0.05, 0.1) is 18.4 Å². The Labute approximate surface area is 164 Å². The Hall–Kier alpha value is -2.97. The van der Waals surface area contributed by atoms with Crippen LogP contribution in [-0.2, 0) is 13.0 Å². The smallest absolute Gasteiger partial charge is 0.162 e. The lowest BCUT2D eigenvalue weighted by atomic mass is 10.1. The van der Waals surface area contributed by atoms with Crippen molar-refractivity contribution in [3.63, 3.8) is 0 Å². The summed E-state index contributed by atoms with van der Waals surface area (Å²) in [5, 5.41) is 4.41. The lowest BCUT2D eigenvalue weighted by Crippen LogP contribution is -2.21. The average molecular weight is 379 g/mol. The van der Waals surface area contributed by atoms with Crippen LogP contribution in [0.1, 0.15) is 17.5 Å². The summed E-state index contributed by atoms with van der Waals surface area (Å²) in [6.45, 7) is 0.913. The van der Waals surface area contributed by atoms with E-state index < -0.39 is 0 Å². The largest absolute Gasteiger partial charge is 0.493 e. The Kier molecular flexibility index (Phi) is 6.35. The van der Waals surface area contributed by atoms with E-state index in [4.69, 9.17) is 32.5 Å². The number of fused-ring (bicyclic) bond motifs is 1. The van der Waals surface area contributed by atoms with Gasteiger partial charge in [-0.1, -0.05) is 30.3 Å². The van der Waals surface area contributed by atoms with E-state index in [2.05, 4.69) is 17.3 Å². The Morgan fingerprint density at radius 3 is 2.81 bits per heavy atom. The zero-order chi connectivity index (χ0) is 19.1. The topological polar surface area (TPSA) is 43.6 Å². The molecule has 0 saturated carbocycles. The molecule has 2 aromatic carbocycles. The molecule has 138 valence electrons. The second-order valence-electron chi connectivity index (χ2n) is 6.05. The molecule has 3 rings (SSSR count). The van der Waals surface area contributed by atoms with Gasteiger partial charge in [0.2, 0.25) is 0 Å². The monoisotopic (exact) mass is 379 g/mol. The SMILES string of the molecule is C#CCOc1ccc(CCC(=S)NCc2ccc3occc3c2)cc1OC. The molecule has 1 heterocycles. The van der Waals surface area contributed by atoms with E-state index in [-0.39, 0.29) is 6.61 Å². The molecule has 1 N–H and O–H groups in total. The summed E-state index contributed by atoms with van der Waals surface area (Å²) in [5.41, 5.74) is 3.19. The zero-order valence-corrected chi connectivity index (χ0v) is 16.0. The van der Waals surface area contributed by atoms with Gasteiger partial charge in [0, 0.05) is 18.4 Å². The molecule has 3 aromatic rings. The molecule has 0 amide bonds. The first-order valence-corrected chi connectivity index (χ1v) is 9.06. The zero-order valence-electron chi connectivity index (χ0n) is 15.2. The summed E-state index contributed by atoms with van der Waals surface area (Å²) in [4.78, 5) is 0.828. The van der Waals surface area contributed by atoms with Gasteiger partial charge >= 0.3 is 0 Å². The van der Waals surface area contributed by atoms with Crippen LogP contribution in [0.25, 0.3) is 11.0 Å². The van der Waals surface area contributed by atoms with Gasteiger partial charge in [-0.2, -0.15) is 0 Å². The van der Waals surface area contributed by atoms with Crippen LogP contribution in [0.5, 0.6) is 11.5 Å². The highest BCUT2D eigenvalue weighted by Crippen LogP contribution is 2.28. The normalized spacial score (nSPS) is 10.4. The van der Waals surface area contributed by atoms with Gasteiger partial charge in [-0.25, -0.2) is 0 Å². The Balaban J connectivity index is 1.51. The van der Waals surface area contributed by atoms with Crippen LogP contribution in [0, 0.1) is 12.3 Å². The van der Waals surface area contributed by atoms with E-state index in [1.54, 1.807) is 13.4 Å². The fraction of sp³-hybridized carbons (Fsp3) is 0.227. The molecular formula is C22H21NO3S. The third kappa shape index (κ3) is 5.02. The van der Waals surface area contributed by atoms with Crippen LogP contribution < -0.4 is 14.8 Å². The van der Waals surface area contributed by atoms with Gasteiger partial charge in [0.15, 0.2) is 11.5 Å². The Morgan fingerprint density at radius 2 is 2.00 bits per heavy atom. The van der Waals surface area contributed by atoms with Crippen LogP contribution in [0.3, 0.4) is 0 Å². The number of thiocarbonyl (C=S) groups is 1. The molecule has 0 radical (unpaired) electrons. The summed E-state index contributed by atoms with van der Waals surface area (Å²) < 4.78 is 16.2. The highest BCUT2D eigenvalue weighted by molar-refractivity contribution is 7.80. The summed E-state index contributed by atoms with van der Waals surface area (Å²) in [6.07, 6.45) is 8.51. The number of terminal acetylenes is 1. The molecule has 0 unspecified atom stereocenters. The van der Waals surface area contributed by atoms with Crippen molar-refractivity contribution in [3.05, 3.63) is 59.9 Å². The summed E-state index contributed by atoms with van der Waals surface area (Å²) in [6, 6.07) is 13.9. The number of nitrogens with one attached hydrogen (secondary N) is 1. The minimum absolute atomic E-state index is 0.217. The maximum absolute atomic E-state index is 5.47. The fourth-order valence-corrected chi connectivity index (χ4v) is 2.95. The number of hydrogen-bond donors (Lipinski definition) is 1. The van der Waals surface area contributed by atoms with Crippen LogP contribution in [0.2, 0.25) is 0 Å². The van der Waals surface area contributed by atoms with E-state index >= 15 is 0 Å². The van der Waals surface area contributed by atoms with E-state index in [1.807, 2.05) is 36.4 Å². The first kappa shape index (κ1) is 18.8. The molecule has 0 saturated heterocycles. The van der Waals surface area contributed by atoms with Gasteiger partial charge in [0.25, 0.3) is 0 Å². The number of ether oxygens (including phenoxy) is 2. The van der Waals surface area contributed by atoms with Crippen molar-refractivity contribution in [1.29, 1.82) is 0 Å². The van der Waals surface area contributed by atoms with Crippen molar-refractivity contribution >= 4 is 28.2 Å². The molecule has 5 heteroatoms. The highest BCUT2D eigenvalue weighted by Gasteiger charge is 2.07. The third-order valence-electron chi connectivity index (χ3n) is 4.19.